The van der Waals surface area contributed by atoms with Gasteiger partial charge in [-0.15, -0.1) is 0 Å². The first kappa shape index (κ1) is 20.0. The van der Waals surface area contributed by atoms with Crippen LogP contribution in [0, 0.1) is 10.8 Å². The predicted octanol–water partition coefficient (Wildman–Crippen LogP) is 6.16. The molecule has 0 spiro atoms. The fourth-order valence-corrected chi connectivity index (χ4v) is 0.991. The first-order valence-corrected chi connectivity index (χ1v) is 6.38. The largest absolute Gasteiger partial charge is 0.253 e. The summed E-state index contributed by atoms with van der Waals surface area (Å²) >= 11 is 0. The van der Waals surface area contributed by atoms with E-state index in [0.29, 0.717) is 0 Å². The van der Waals surface area contributed by atoms with Crippen molar-refractivity contribution in [2.24, 2.45) is 10.8 Å². The van der Waals surface area contributed by atoms with Crippen molar-refractivity contribution in [3.05, 3.63) is 0 Å². The van der Waals surface area contributed by atoms with E-state index in [-0.39, 0.29) is 18.3 Å². The minimum absolute atomic E-state index is 0.0625. The topological polar surface area (TPSA) is 0 Å². The van der Waals surface area contributed by atoms with Crippen LogP contribution in [0.3, 0.4) is 0 Å². The molecule has 0 aliphatic carbocycles. The molecule has 18 heavy (non-hydrogen) atoms. The molecule has 112 valence electrons. The molecule has 0 heterocycles. The highest BCUT2D eigenvalue weighted by Gasteiger charge is 2.51. The molecule has 0 aromatic rings. The van der Waals surface area contributed by atoms with E-state index < -0.39 is 17.3 Å². The number of alkyl halides is 4. The van der Waals surface area contributed by atoms with Gasteiger partial charge in [-0.05, 0) is 12.3 Å². The van der Waals surface area contributed by atoms with Gasteiger partial charge in [0.25, 0.3) is 5.92 Å². The quantitative estimate of drug-likeness (QED) is 0.540. The van der Waals surface area contributed by atoms with Gasteiger partial charge in [-0.2, -0.15) is 0 Å². The molecule has 0 saturated carbocycles. The highest BCUT2D eigenvalue weighted by atomic mass is 19.3. The number of hydrogen-bond donors (Lipinski definition) is 0. The molecule has 0 aliphatic rings. The first-order chi connectivity index (χ1) is 7.62. The summed E-state index contributed by atoms with van der Waals surface area (Å²) in [5.74, 6) is -5.04. The Kier molecular flexibility index (Phi) is 6.96. The second kappa shape index (κ2) is 6.25. The molecule has 0 aliphatic heterocycles. The van der Waals surface area contributed by atoms with E-state index in [1.807, 2.05) is 20.8 Å². The molecule has 4 heteroatoms. The van der Waals surface area contributed by atoms with E-state index in [9.17, 15) is 17.6 Å². The van der Waals surface area contributed by atoms with E-state index in [1.54, 1.807) is 13.8 Å². The van der Waals surface area contributed by atoms with Gasteiger partial charge < -0.3 is 0 Å². The summed E-state index contributed by atoms with van der Waals surface area (Å²) in [6.07, 6.45) is -0.149. The molecule has 0 atom stereocenters. The lowest BCUT2D eigenvalue weighted by atomic mass is 9.65. The Morgan fingerprint density at radius 2 is 0.944 bits per heavy atom. The standard InChI is InChI=1S/C10H20F2.C4H8F2/c1-7-10(11,12)9(5,6)8(2,3)4;1-3-4(2,5)6/h7H2,1-6H3;3H2,1-2H3. The molecule has 0 amide bonds. The molecule has 0 aromatic carbocycles. The molecular formula is C14H28F4. The van der Waals surface area contributed by atoms with E-state index in [4.69, 9.17) is 0 Å². The zero-order valence-electron chi connectivity index (χ0n) is 12.9. The fourth-order valence-electron chi connectivity index (χ4n) is 0.991. The average molecular weight is 272 g/mol. The van der Waals surface area contributed by atoms with E-state index in [2.05, 4.69) is 0 Å². The van der Waals surface area contributed by atoms with Crippen molar-refractivity contribution >= 4 is 0 Å². The average Bonchev–Trinajstić information content (AvgIpc) is 2.15. The molecule has 0 saturated heterocycles. The van der Waals surface area contributed by atoms with Crippen LogP contribution in [0.15, 0.2) is 0 Å². The van der Waals surface area contributed by atoms with Crippen LogP contribution in [0.1, 0.15) is 68.2 Å². The third kappa shape index (κ3) is 6.05. The van der Waals surface area contributed by atoms with Crippen LogP contribution in [0.25, 0.3) is 0 Å². The SMILES string of the molecule is CCC(C)(F)F.CCC(F)(F)C(C)(C)C(C)(C)C. The zero-order valence-corrected chi connectivity index (χ0v) is 12.9. The van der Waals surface area contributed by atoms with Crippen LogP contribution in [0.5, 0.6) is 0 Å². The molecule has 0 fully saturated rings. The fraction of sp³-hybridized carbons (Fsp3) is 1.00. The Balaban J connectivity index is 0. The van der Waals surface area contributed by atoms with Crippen LogP contribution in [0.2, 0.25) is 0 Å². The highest BCUT2D eigenvalue weighted by molar-refractivity contribution is 4.93. The molecule has 0 rings (SSSR count). The van der Waals surface area contributed by atoms with Gasteiger partial charge in [0.2, 0.25) is 5.92 Å². The second-order valence-corrected chi connectivity index (χ2v) is 6.36. The number of rotatable bonds is 3. The van der Waals surface area contributed by atoms with Crippen molar-refractivity contribution in [2.45, 2.75) is 80.1 Å². The molecular weight excluding hydrogens is 244 g/mol. The lowest BCUT2D eigenvalue weighted by molar-refractivity contribution is -0.155. The maximum absolute atomic E-state index is 13.4. The zero-order chi connectivity index (χ0) is 15.4. The van der Waals surface area contributed by atoms with E-state index in [0.717, 1.165) is 6.92 Å². The number of hydrogen-bond acceptors (Lipinski definition) is 0. The van der Waals surface area contributed by atoms with Crippen molar-refractivity contribution in [1.82, 2.24) is 0 Å². The van der Waals surface area contributed by atoms with Gasteiger partial charge in [-0.25, -0.2) is 17.6 Å². The van der Waals surface area contributed by atoms with Crippen molar-refractivity contribution in [2.75, 3.05) is 0 Å². The molecule has 0 N–H and O–H groups in total. The van der Waals surface area contributed by atoms with E-state index >= 15 is 0 Å². The lowest BCUT2D eigenvalue weighted by Gasteiger charge is -2.44. The molecule has 0 aromatic heterocycles. The Morgan fingerprint density at radius 3 is 1.00 bits per heavy atom. The van der Waals surface area contributed by atoms with Gasteiger partial charge >= 0.3 is 0 Å². The van der Waals surface area contributed by atoms with E-state index in [1.165, 1.54) is 13.8 Å². The maximum Gasteiger partial charge on any atom is 0.253 e. The minimum Gasteiger partial charge on any atom is -0.207 e. The third-order valence-electron chi connectivity index (χ3n) is 3.85. The van der Waals surface area contributed by atoms with Crippen LogP contribution in [-0.4, -0.2) is 11.8 Å². The Hall–Kier alpha value is -0.280. The smallest absolute Gasteiger partial charge is 0.207 e. The Labute approximate surface area is 109 Å². The lowest BCUT2D eigenvalue weighted by Crippen LogP contribution is -2.45. The summed E-state index contributed by atoms with van der Waals surface area (Å²) in [5, 5.41) is 0. The summed E-state index contributed by atoms with van der Waals surface area (Å²) in [6, 6.07) is 0. The van der Waals surface area contributed by atoms with Gasteiger partial charge in [-0.1, -0.05) is 48.5 Å². The van der Waals surface area contributed by atoms with Gasteiger partial charge in [0, 0.05) is 18.3 Å². The first-order valence-electron chi connectivity index (χ1n) is 6.38. The summed E-state index contributed by atoms with van der Waals surface area (Å²) in [4.78, 5) is 0. The molecule has 0 bridgehead atoms. The third-order valence-corrected chi connectivity index (χ3v) is 3.85. The Bertz CT molecular complexity index is 231. The minimum atomic E-state index is -2.58. The van der Waals surface area contributed by atoms with Crippen molar-refractivity contribution in [3.8, 4) is 0 Å². The maximum atomic E-state index is 13.4. The predicted molar refractivity (Wildman–Crippen MR) is 69.4 cm³/mol. The van der Waals surface area contributed by atoms with Gasteiger partial charge in [0.1, 0.15) is 0 Å². The summed E-state index contributed by atoms with van der Waals surface area (Å²) in [7, 11) is 0. The van der Waals surface area contributed by atoms with Crippen molar-refractivity contribution in [1.29, 1.82) is 0 Å². The normalized spacial score (nSPS) is 14.0. The molecule has 0 radical (unpaired) electrons. The molecule has 0 nitrogen and oxygen atoms in total. The number of halogens is 4. The van der Waals surface area contributed by atoms with Gasteiger partial charge in [-0.3, -0.25) is 0 Å². The van der Waals surface area contributed by atoms with Crippen molar-refractivity contribution < 1.29 is 17.6 Å². The highest BCUT2D eigenvalue weighted by Crippen LogP contribution is 2.50. The summed E-state index contributed by atoms with van der Waals surface area (Å²) in [6.45, 7) is 12.7. The van der Waals surface area contributed by atoms with Crippen LogP contribution in [0.4, 0.5) is 17.6 Å². The summed E-state index contributed by atoms with van der Waals surface area (Å²) < 4.78 is 49.8. The molecule has 0 unspecified atom stereocenters. The van der Waals surface area contributed by atoms with Crippen LogP contribution >= 0.6 is 0 Å². The van der Waals surface area contributed by atoms with Gasteiger partial charge in [0.15, 0.2) is 0 Å². The van der Waals surface area contributed by atoms with Crippen LogP contribution < -0.4 is 0 Å². The van der Waals surface area contributed by atoms with Crippen LogP contribution in [-0.2, 0) is 0 Å². The second-order valence-electron chi connectivity index (χ2n) is 6.36. The summed E-state index contributed by atoms with van der Waals surface area (Å²) in [5.41, 5.74) is -1.32. The van der Waals surface area contributed by atoms with Gasteiger partial charge in [0.05, 0.1) is 0 Å². The monoisotopic (exact) mass is 272 g/mol. The van der Waals surface area contributed by atoms with Crippen molar-refractivity contribution in [3.63, 3.8) is 0 Å². The Morgan fingerprint density at radius 1 is 0.667 bits per heavy atom.